The summed E-state index contributed by atoms with van der Waals surface area (Å²) >= 11 is 0. The number of anilines is 1. The van der Waals surface area contributed by atoms with Gasteiger partial charge in [-0.2, -0.15) is 5.10 Å². The monoisotopic (exact) mass is 301 g/mol. The third kappa shape index (κ3) is 3.94. The van der Waals surface area contributed by atoms with Gasteiger partial charge >= 0.3 is 5.97 Å². The highest BCUT2D eigenvalue weighted by atomic mass is 16.5. The largest absolute Gasteiger partial charge is 0.465 e. The van der Waals surface area contributed by atoms with Crippen LogP contribution < -0.4 is 5.32 Å². The highest BCUT2D eigenvalue weighted by molar-refractivity contribution is 5.92. The number of hydrogen-bond acceptors (Lipinski definition) is 4. The van der Waals surface area contributed by atoms with Crippen LogP contribution in [0.4, 0.5) is 5.69 Å². The second kappa shape index (κ2) is 6.89. The molecule has 0 unspecified atom stereocenters. The maximum Gasteiger partial charge on any atom is 0.337 e. The number of methoxy groups -OCH3 is 1. The zero-order chi connectivity index (χ0) is 16.1. The third-order valence-corrected chi connectivity index (χ3v) is 3.24. The molecule has 2 aromatic rings. The van der Waals surface area contributed by atoms with Crippen LogP contribution in [-0.4, -0.2) is 28.8 Å². The number of rotatable bonds is 5. The Bertz CT molecular complexity index is 674. The lowest BCUT2D eigenvalue weighted by molar-refractivity contribution is -0.116. The van der Waals surface area contributed by atoms with Gasteiger partial charge in [-0.15, -0.1) is 0 Å². The van der Waals surface area contributed by atoms with Crippen LogP contribution in [0.1, 0.15) is 28.2 Å². The first-order valence-corrected chi connectivity index (χ1v) is 6.99. The number of amides is 1. The smallest absolute Gasteiger partial charge is 0.337 e. The van der Waals surface area contributed by atoms with Crippen LogP contribution in [0.2, 0.25) is 0 Å². The molecule has 0 atom stereocenters. The van der Waals surface area contributed by atoms with Crippen molar-refractivity contribution in [3.05, 3.63) is 47.3 Å². The number of carbonyl (C=O) groups is 2. The van der Waals surface area contributed by atoms with Gasteiger partial charge in [0.1, 0.15) is 0 Å². The van der Waals surface area contributed by atoms with Crippen LogP contribution in [0.3, 0.4) is 0 Å². The first kappa shape index (κ1) is 15.8. The van der Waals surface area contributed by atoms with E-state index >= 15 is 0 Å². The van der Waals surface area contributed by atoms with Gasteiger partial charge in [-0.05, 0) is 44.2 Å². The van der Waals surface area contributed by atoms with Crippen molar-refractivity contribution in [3.63, 3.8) is 0 Å². The highest BCUT2D eigenvalue weighted by Crippen LogP contribution is 2.11. The van der Waals surface area contributed by atoms with Gasteiger partial charge in [-0.1, -0.05) is 0 Å². The maximum absolute atomic E-state index is 11.9. The molecule has 1 aromatic carbocycles. The topological polar surface area (TPSA) is 73.2 Å². The molecule has 0 saturated carbocycles. The lowest BCUT2D eigenvalue weighted by Crippen LogP contribution is -2.15. The van der Waals surface area contributed by atoms with Crippen LogP contribution in [-0.2, 0) is 16.1 Å². The molecule has 6 nitrogen and oxygen atoms in total. The lowest BCUT2D eigenvalue weighted by atomic mass is 10.2. The molecule has 2 rings (SSSR count). The summed E-state index contributed by atoms with van der Waals surface area (Å²) in [6.45, 7) is 4.42. The summed E-state index contributed by atoms with van der Waals surface area (Å²) in [5.74, 6) is -0.499. The predicted octanol–water partition coefficient (Wildman–Crippen LogP) is 2.32. The van der Waals surface area contributed by atoms with Gasteiger partial charge in [0.25, 0.3) is 0 Å². The number of esters is 1. The van der Waals surface area contributed by atoms with E-state index in [1.807, 2.05) is 24.6 Å². The second-order valence-electron chi connectivity index (χ2n) is 5.02. The molecule has 0 aliphatic heterocycles. The van der Waals surface area contributed by atoms with Gasteiger partial charge in [0, 0.05) is 24.3 Å². The minimum Gasteiger partial charge on any atom is -0.465 e. The van der Waals surface area contributed by atoms with Crippen LogP contribution in [0, 0.1) is 13.8 Å². The number of hydrogen-bond donors (Lipinski definition) is 1. The molecule has 6 heteroatoms. The van der Waals surface area contributed by atoms with Crippen molar-refractivity contribution in [3.8, 4) is 0 Å². The predicted molar refractivity (Wildman–Crippen MR) is 82.7 cm³/mol. The summed E-state index contributed by atoms with van der Waals surface area (Å²) in [5.41, 5.74) is 3.07. The van der Waals surface area contributed by atoms with E-state index in [9.17, 15) is 9.59 Å². The molecular weight excluding hydrogens is 282 g/mol. The molecular formula is C16H19N3O3. The Kier molecular flexibility index (Phi) is 4.93. The lowest BCUT2D eigenvalue weighted by Gasteiger charge is -2.07. The Hall–Kier alpha value is -2.63. The van der Waals surface area contributed by atoms with Crippen LogP contribution in [0.15, 0.2) is 30.3 Å². The van der Waals surface area contributed by atoms with Crippen molar-refractivity contribution < 1.29 is 14.3 Å². The van der Waals surface area contributed by atoms with E-state index in [0.29, 0.717) is 24.2 Å². The van der Waals surface area contributed by atoms with E-state index < -0.39 is 5.97 Å². The number of nitrogens with zero attached hydrogens (tertiary/aromatic N) is 2. The van der Waals surface area contributed by atoms with Crippen molar-refractivity contribution in [2.24, 2.45) is 0 Å². The van der Waals surface area contributed by atoms with E-state index in [0.717, 1.165) is 11.4 Å². The molecule has 1 N–H and O–H groups in total. The van der Waals surface area contributed by atoms with E-state index in [1.165, 1.54) is 7.11 Å². The summed E-state index contributed by atoms with van der Waals surface area (Å²) < 4.78 is 6.44. The minimum absolute atomic E-state index is 0.0987. The Morgan fingerprint density at radius 3 is 2.45 bits per heavy atom. The summed E-state index contributed by atoms with van der Waals surface area (Å²) in [6, 6.07) is 8.55. The summed E-state index contributed by atoms with van der Waals surface area (Å²) in [5, 5.41) is 7.11. The average molecular weight is 301 g/mol. The third-order valence-electron chi connectivity index (χ3n) is 3.24. The molecule has 1 aromatic heterocycles. The van der Waals surface area contributed by atoms with Crippen molar-refractivity contribution in [1.29, 1.82) is 0 Å². The summed E-state index contributed by atoms with van der Waals surface area (Å²) in [4.78, 5) is 23.3. The molecule has 0 spiro atoms. The zero-order valence-corrected chi connectivity index (χ0v) is 12.9. The number of aryl methyl sites for hydroxylation is 3. The Morgan fingerprint density at radius 2 is 1.91 bits per heavy atom. The molecule has 0 saturated heterocycles. The number of nitrogens with one attached hydrogen (secondary N) is 1. The van der Waals surface area contributed by atoms with Crippen molar-refractivity contribution in [2.75, 3.05) is 12.4 Å². The fraction of sp³-hybridized carbons (Fsp3) is 0.312. The van der Waals surface area contributed by atoms with Crippen LogP contribution in [0.5, 0.6) is 0 Å². The first-order valence-electron chi connectivity index (χ1n) is 6.99. The Morgan fingerprint density at radius 1 is 1.23 bits per heavy atom. The van der Waals surface area contributed by atoms with Gasteiger partial charge in [0.2, 0.25) is 5.91 Å². The molecule has 116 valence electrons. The highest BCUT2D eigenvalue weighted by Gasteiger charge is 2.08. The average Bonchev–Trinajstić information content (AvgIpc) is 2.83. The van der Waals surface area contributed by atoms with E-state index in [1.54, 1.807) is 24.3 Å². The molecule has 0 aliphatic carbocycles. The first-order chi connectivity index (χ1) is 10.5. The summed E-state index contributed by atoms with van der Waals surface area (Å²) in [6.07, 6.45) is 0.334. The number of aromatic nitrogens is 2. The molecule has 0 bridgehead atoms. The van der Waals surface area contributed by atoms with Gasteiger partial charge in [0.15, 0.2) is 0 Å². The summed E-state index contributed by atoms with van der Waals surface area (Å²) in [7, 11) is 1.33. The van der Waals surface area contributed by atoms with Crippen molar-refractivity contribution >= 4 is 17.6 Å². The second-order valence-corrected chi connectivity index (χ2v) is 5.02. The minimum atomic E-state index is -0.401. The fourth-order valence-corrected chi connectivity index (χ4v) is 2.14. The normalized spacial score (nSPS) is 10.3. The molecule has 22 heavy (non-hydrogen) atoms. The SMILES string of the molecule is COC(=O)c1ccc(NC(=O)CCn2nc(C)cc2C)cc1. The van der Waals surface area contributed by atoms with Crippen molar-refractivity contribution in [1.82, 2.24) is 9.78 Å². The maximum atomic E-state index is 11.9. The van der Waals surface area contributed by atoms with Gasteiger partial charge in [0.05, 0.1) is 18.4 Å². The van der Waals surface area contributed by atoms with Crippen LogP contribution in [0.25, 0.3) is 0 Å². The van der Waals surface area contributed by atoms with Crippen LogP contribution >= 0.6 is 0 Å². The number of carbonyl (C=O) groups excluding carboxylic acids is 2. The standard InChI is InChI=1S/C16H19N3O3/c1-11-10-12(2)19(18-11)9-8-15(20)17-14-6-4-13(5-7-14)16(21)22-3/h4-7,10H,8-9H2,1-3H3,(H,17,20). The molecule has 1 heterocycles. The van der Waals surface area contributed by atoms with Crippen molar-refractivity contribution in [2.45, 2.75) is 26.8 Å². The zero-order valence-electron chi connectivity index (χ0n) is 12.9. The Balaban J connectivity index is 1.89. The van der Waals surface area contributed by atoms with Gasteiger partial charge in [-0.25, -0.2) is 4.79 Å². The van der Waals surface area contributed by atoms with Gasteiger partial charge in [-0.3, -0.25) is 9.48 Å². The number of ether oxygens (including phenoxy) is 1. The van der Waals surface area contributed by atoms with E-state index in [4.69, 9.17) is 0 Å². The number of benzene rings is 1. The van der Waals surface area contributed by atoms with E-state index in [-0.39, 0.29) is 5.91 Å². The molecule has 0 radical (unpaired) electrons. The van der Waals surface area contributed by atoms with E-state index in [2.05, 4.69) is 15.2 Å². The van der Waals surface area contributed by atoms with Gasteiger partial charge < -0.3 is 10.1 Å². The molecule has 1 amide bonds. The molecule has 0 fully saturated rings. The molecule has 0 aliphatic rings. The Labute approximate surface area is 129 Å². The fourth-order valence-electron chi connectivity index (χ4n) is 2.14. The quantitative estimate of drug-likeness (QED) is 0.860.